The monoisotopic (exact) mass is 233 g/mol. The molecule has 1 aliphatic heterocycles. The van der Waals surface area contributed by atoms with Crippen LogP contribution in [-0.2, 0) is 19.7 Å². The van der Waals surface area contributed by atoms with Gasteiger partial charge in [0.05, 0.1) is 7.11 Å². The normalized spacial score (nSPS) is 23.3. The molecule has 1 aromatic carbocycles. The summed E-state index contributed by atoms with van der Waals surface area (Å²) in [5.74, 6) is -0.760. The number of ether oxygens (including phenoxy) is 1. The average molecular weight is 233 g/mol. The lowest BCUT2D eigenvalue weighted by Gasteiger charge is -2.23. The Labute approximate surface area is 100.0 Å². The Hall–Kier alpha value is -1.84. The molecule has 1 amide bonds. The van der Waals surface area contributed by atoms with E-state index < -0.39 is 11.4 Å². The van der Waals surface area contributed by atoms with Gasteiger partial charge >= 0.3 is 5.97 Å². The lowest BCUT2D eigenvalue weighted by atomic mass is 9.79. The van der Waals surface area contributed by atoms with Gasteiger partial charge in [0.15, 0.2) is 5.41 Å². The van der Waals surface area contributed by atoms with Crippen LogP contribution >= 0.6 is 0 Å². The van der Waals surface area contributed by atoms with E-state index in [0.29, 0.717) is 18.5 Å². The van der Waals surface area contributed by atoms with Gasteiger partial charge in [-0.15, -0.1) is 0 Å². The summed E-state index contributed by atoms with van der Waals surface area (Å²) in [4.78, 5) is 23.9. The topological polar surface area (TPSA) is 55.4 Å². The van der Waals surface area contributed by atoms with Crippen molar-refractivity contribution in [3.8, 4) is 0 Å². The number of benzene rings is 1. The third kappa shape index (κ3) is 1.69. The largest absolute Gasteiger partial charge is 0.468 e. The minimum atomic E-state index is -1.16. The van der Waals surface area contributed by atoms with E-state index in [9.17, 15) is 9.59 Å². The molecule has 1 aliphatic rings. The zero-order valence-electron chi connectivity index (χ0n) is 9.95. The fourth-order valence-electron chi connectivity index (χ4n) is 2.23. The van der Waals surface area contributed by atoms with Gasteiger partial charge in [-0.3, -0.25) is 9.59 Å². The predicted molar refractivity (Wildman–Crippen MR) is 62.5 cm³/mol. The molecule has 4 nitrogen and oxygen atoms in total. The Morgan fingerprint density at radius 3 is 2.47 bits per heavy atom. The minimum absolute atomic E-state index is 0.270. The van der Waals surface area contributed by atoms with E-state index >= 15 is 0 Å². The van der Waals surface area contributed by atoms with Crippen molar-refractivity contribution in [2.24, 2.45) is 0 Å². The molecule has 0 aromatic heterocycles. The van der Waals surface area contributed by atoms with Crippen LogP contribution in [0.4, 0.5) is 0 Å². The van der Waals surface area contributed by atoms with Crippen molar-refractivity contribution in [1.29, 1.82) is 0 Å². The summed E-state index contributed by atoms with van der Waals surface area (Å²) in [6, 6.07) is 7.42. The van der Waals surface area contributed by atoms with Crippen LogP contribution in [0.1, 0.15) is 17.5 Å². The molecule has 17 heavy (non-hydrogen) atoms. The molecule has 1 aromatic rings. The van der Waals surface area contributed by atoms with Crippen LogP contribution in [0.2, 0.25) is 0 Å². The highest BCUT2D eigenvalue weighted by Gasteiger charge is 2.51. The van der Waals surface area contributed by atoms with E-state index in [1.807, 2.05) is 31.2 Å². The van der Waals surface area contributed by atoms with Crippen molar-refractivity contribution >= 4 is 11.9 Å². The average Bonchev–Trinajstić information content (AvgIpc) is 2.72. The number of hydrogen-bond acceptors (Lipinski definition) is 3. The predicted octanol–water partition coefficient (Wildman–Crippen LogP) is 0.926. The van der Waals surface area contributed by atoms with Gasteiger partial charge in [-0.05, 0) is 18.9 Å². The highest BCUT2D eigenvalue weighted by molar-refractivity contribution is 6.10. The summed E-state index contributed by atoms with van der Waals surface area (Å²) in [6.45, 7) is 2.46. The number of nitrogens with one attached hydrogen (secondary N) is 1. The Kier molecular flexibility index (Phi) is 2.88. The summed E-state index contributed by atoms with van der Waals surface area (Å²) in [5.41, 5.74) is 0.625. The molecule has 0 saturated carbocycles. The first-order valence-corrected chi connectivity index (χ1v) is 5.55. The number of aryl methyl sites for hydroxylation is 1. The maximum atomic E-state index is 12.0. The molecule has 1 fully saturated rings. The minimum Gasteiger partial charge on any atom is -0.468 e. The molecule has 2 rings (SSSR count). The summed E-state index contributed by atoms with van der Waals surface area (Å²) in [5, 5.41) is 2.70. The maximum absolute atomic E-state index is 12.0. The van der Waals surface area contributed by atoms with Gasteiger partial charge in [-0.1, -0.05) is 29.8 Å². The van der Waals surface area contributed by atoms with Gasteiger partial charge in [0.25, 0.3) is 0 Å². The Bertz CT molecular complexity index is 452. The van der Waals surface area contributed by atoms with Gasteiger partial charge in [0.1, 0.15) is 0 Å². The number of carbonyl (C=O) groups excluding carboxylic acids is 2. The third-order valence-electron chi connectivity index (χ3n) is 3.25. The molecule has 0 aliphatic carbocycles. The molecule has 4 heteroatoms. The van der Waals surface area contributed by atoms with E-state index in [4.69, 9.17) is 4.74 Å². The molecule has 0 radical (unpaired) electrons. The highest BCUT2D eigenvalue weighted by atomic mass is 16.5. The van der Waals surface area contributed by atoms with Crippen molar-refractivity contribution in [1.82, 2.24) is 5.32 Å². The maximum Gasteiger partial charge on any atom is 0.326 e. The molecule has 90 valence electrons. The standard InChI is InChI=1S/C13H15NO3/c1-9-3-5-10(6-4-9)13(12(16)17-2)7-8-14-11(13)15/h3-6H,7-8H2,1-2H3,(H,14,15). The number of esters is 1. The summed E-state index contributed by atoms with van der Waals surface area (Å²) >= 11 is 0. The van der Waals surface area contributed by atoms with Crippen LogP contribution < -0.4 is 5.32 Å². The smallest absolute Gasteiger partial charge is 0.326 e. The molecule has 1 saturated heterocycles. The van der Waals surface area contributed by atoms with Crippen LogP contribution in [0.5, 0.6) is 0 Å². The number of amides is 1. The fraction of sp³-hybridized carbons (Fsp3) is 0.385. The van der Waals surface area contributed by atoms with E-state index in [1.54, 1.807) is 0 Å². The number of hydrogen-bond donors (Lipinski definition) is 1. The first-order valence-electron chi connectivity index (χ1n) is 5.55. The van der Waals surface area contributed by atoms with E-state index in [2.05, 4.69) is 5.32 Å². The molecular weight excluding hydrogens is 218 g/mol. The van der Waals surface area contributed by atoms with Crippen LogP contribution in [0.25, 0.3) is 0 Å². The van der Waals surface area contributed by atoms with Crippen LogP contribution in [-0.4, -0.2) is 25.5 Å². The molecule has 1 unspecified atom stereocenters. The first kappa shape index (κ1) is 11.6. The van der Waals surface area contributed by atoms with Gasteiger partial charge in [-0.2, -0.15) is 0 Å². The summed E-state index contributed by atoms with van der Waals surface area (Å²) < 4.78 is 4.79. The Morgan fingerprint density at radius 2 is 2.00 bits per heavy atom. The summed E-state index contributed by atoms with van der Waals surface area (Å²) in [6.07, 6.45) is 0.446. The molecule has 0 spiro atoms. The molecular formula is C13H15NO3. The molecule has 1 atom stereocenters. The van der Waals surface area contributed by atoms with Crippen molar-refractivity contribution < 1.29 is 14.3 Å². The van der Waals surface area contributed by atoms with Gasteiger partial charge in [0, 0.05) is 6.54 Å². The quantitative estimate of drug-likeness (QED) is 0.610. The fourth-order valence-corrected chi connectivity index (χ4v) is 2.23. The second kappa shape index (κ2) is 4.20. The van der Waals surface area contributed by atoms with Crippen molar-refractivity contribution in [2.45, 2.75) is 18.8 Å². The second-order valence-electron chi connectivity index (χ2n) is 4.27. The van der Waals surface area contributed by atoms with Gasteiger partial charge < -0.3 is 10.1 Å². The SMILES string of the molecule is COC(=O)C1(c2ccc(C)cc2)CCNC1=O. The van der Waals surface area contributed by atoms with Crippen LogP contribution in [0.15, 0.2) is 24.3 Å². The second-order valence-corrected chi connectivity index (χ2v) is 4.27. The van der Waals surface area contributed by atoms with E-state index in [-0.39, 0.29) is 5.91 Å². The number of rotatable bonds is 2. The van der Waals surface area contributed by atoms with Crippen molar-refractivity contribution in [3.05, 3.63) is 35.4 Å². The number of carbonyl (C=O) groups is 2. The van der Waals surface area contributed by atoms with E-state index in [1.165, 1.54) is 7.11 Å². The van der Waals surface area contributed by atoms with Crippen molar-refractivity contribution in [2.75, 3.05) is 13.7 Å². The zero-order chi connectivity index (χ0) is 12.5. The lowest BCUT2D eigenvalue weighted by molar-refractivity contribution is -0.151. The number of methoxy groups -OCH3 is 1. The Balaban J connectivity index is 2.51. The first-order chi connectivity index (χ1) is 8.11. The summed E-state index contributed by atoms with van der Waals surface area (Å²) in [7, 11) is 1.31. The highest BCUT2D eigenvalue weighted by Crippen LogP contribution is 2.33. The van der Waals surface area contributed by atoms with Crippen molar-refractivity contribution in [3.63, 3.8) is 0 Å². The van der Waals surface area contributed by atoms with Crippen LogP contribution in [0, 0.1) is 6.92 Å². The lowest BCUT2D eigenvalue weighted by Crippen LogP contribution is -2.43. The third-order valence-corrected chi connectivity index (χ3v) is 3.25. The molecule has 1 N–H and O–H groups in total. The molecule has 0 bridgehead atoms. The van der Waals surface area contributed by atoms with Gasteiger partial charge in [0.2, 0.25) is 5.91 Å². The zero-order valence-corrected chi connectivity index (χ0v) is 9.95. The Morgan fingerprint density at radius 1 is 1.35 bits per heavy atom. The van der Waals surface area contributed by atoms with Gasteiger partial charge in [-0.25, -0.2) is 0 Å². The van der Waals surface area contributed by atoms with Crippen LogP contribution in [0.3, 0.4) is 0 Å². The molecule has 1 heterocycles. The van der Waals surface area contributed by atoms with E-state index in [0.717, 1.165) is 5.56 Å².